The molecule has 10 nitrogen and oxygen atoms in total. The Morgan fingerprint density at radius 1 is 1.08 bits per heavy atom. The number of benzene rings is 1. The number of hydrogen-bond acceptors (Lipinski definition) is 8. The number of rotatable bonds is 9. The van der Waals surface area contributed by atoms with Crippen molar-refractivity contribution in [2.45, 2.75) is 50.7 Å². The van der Waals surface area contributed by atoms with Crippen molar-refractivity contribution in [1.82, 2.24) is 24.6 Å². The minimum Gasteiger partial charge on any atom is -0.494 e. The molecule has 0 aliphatic carbocycles. The molecule has 1 N–H and O–H groups in total. The van der Waals surface area contributed by atoms with Crippen LogP contribution in [0.15, 0.2) is 36.5 Å². The van der Waals surface area contributed by atoms with Crippen LogP contribution in [0.4, 0.5) is 5.95 Å². The Morgan fingerprint density at radius 2 is 1.78 bits per heavy atom. The van der Waals surface area contributed by atoms with Gasteiger partial charge in [-0.1, -0.05) is 19.1 Å². The van der Waals surface area contributed by atoms with E-state index in [0.29, 0.717) is 28.7 Å². The molecule has 0 saturated carbocycles. The average molecular weight is 529 g/mol. The van der Waals surface area contributed by atoms with Gasteiger partial charge in [-0.2, -0.15) is 0 Å². The second-order valence-corrected chi connectivity index (χ2v) is 11.8. The highest BCUT2D eigenvalue weighted by molar-refractivity contribution is 7.93. The molecule has 0 radical (unpaired) electrons. The van der Waals surface area contributed by atoms with Crippen molar-refractivity contribution in [1.29, 1.82) is 0 Å². The van der Waals surface area contributed by atoms with Gasteiger partial charge >= 0.3 is 0 Å². The average Bonchev–Trinajstić information content (AvgIpc) is 3.29. The number of anilines is 1. The van der Waals surface area contributed by atoms with E-state index < -0.39 is 15.3 Å². The second-order valence-electron chi connectivity index (χ2n) is 9.73. The molecule has 0 unspecified atom stereocenters. The van der Waals surface area contributed by atoms with E-state index in [1.807, 2.05) is 32.0 Å². The van der Waals surface area contributed by atoms with Gasteiger partial charge in [0.1, 0.15) is 23.0 Å². The number of methoxy groups -OCH3 is 2. The highest BCUT2D eigenvalue weighted by Crippen LogP contribution is 2.38. The van der Waals surface area contributed by atoms with E-state index in [2.05, 4.69) is 31.9 Å². The number of likely N-dealkylation sites (N-methyl/N-ethyl adjacent to an activating group) is 1. The van der Waals surface area contributed by atoms with Crippen LogP contribution in [0.25, 0.3) is 5.69 Å². The van der Waals surface area contributed by atoms with E-state index in [1.54, 1.807) is 44.0 Å². The minimum atomic E-state index is -3.87. The zero-order valence-electron chi connectivity index (χ0n) is 22.3. The van der Waals surface area contributed by atoms with Crippen LogP contribution in [0.3, 0.4) is 0 Å². The largest absolute Gasteiger partial charge is 0.494 e. The van der Waals surface area contributed by atoms with Crippen LogP contribution in [0, 0.1) is 6.92 Å². The number of nitrogens with one attached hydrogen (secondary N) is 1. The lowest BCUT2D eigenvalue weighted by Gasteiger charge is -2.29. The van der Waals surface area contributed by atoms with Crippen molar-refractivity contribution in [2.75, 3.05) is 39.1 Å². The number of ether oxygens (including phenoxy) is 2. The van der Waals surface area contributed by atoms with Gasteiger partial charge in [0.05, 0.1) is 19.5 Å². The highest BCUT2D eigenvalue weighted by Gasteiger charge is 2.33. The molecule has 3 atom stereocenters. The summed E-state index contributed by atoms with van der Waals surface area (Å²) in [6.07, 6.45) is 3.67. The first-order valence-corrected chi connectivity index (χ1v) is 14.0. The van der Waals surface area contributed by atoms with Crippen molar-refractivity contribution in [2.24, 2.45) is 0 Å². The number of pyridine rings is 1. The molecule has 1 aromatic carbocycles. The van der Waals surface area contributed by atoms with Gasteiger partial charge < -0.3 is 14.4 Å². The maximum atomic E-state index is 13.6. The van der Waals surface area contributed by atoms with Crippen LogP contribution in [0.2, 0.25) is 0 Å². The summed E-state index contributed by atoms with van der Waals surface area (Å²) in [6.45, 7) is 7.28. The standard InChI is InChI=1S/C26H36N6O4S/c1-17-12-13-21(27-15-17)18(2)19(3)37(33,34)30-26-29-28-25(20-9-8-14-31(4)16-20)32(26)24-22(35-5)10-7-11-23(24)36-6/h7,10-13,15,18-20H,8-9,14,16H2,1-6H3,(H,29,30)/t18-,19-,20+/m0/s1. The first-order chi connectivity index (χ1) is 17.7. The maximum absolute atomic E-state index is 13.6. The van der Waals surface area contributed by atoms with Crippen LogP contribution in [0.5, 0.6) is 11.5 Å². The number of sulfonamides is 1. The van der Waals surface area contributed by atoms with E-state index in [-0.39, 0.29) is 17.8 Å². The molecule has 200 valence electrons. The van der Waals surface area contributed by atoms with E-state index in [1.165, 1.54) is 0 Å². The van der Waals surface area contributed by atoms with Crippen molar-refractivity contribution < 1.29 is 17.9 Å². The lowest BCUT2D eigenvalue weighted by molar-refractivity contribution is 0.244. The molecule has 0 bridgehead atoms. The smallest absolute Gasteiger partial charge is 0.243 e. The van der Waals surface area contributed by atoms with E-state index >= 15 is 0 Å². The van der Waals surface area contributed by atoms with Crippen LogP contribution >= 0.6 is 0 Å². The van der Waals surface area contributed by atoms with Crippen LogP contribution in [0.1, 0.15) is 55.6 Å². The number of aromatic nitrogens is 4. The van der Waals surface area contributed by atoms with Crippen LogP contribution in [-0.4, -0.2) is 72.7 Å². The topological polar surface area (TPSA) is 111 Å². The van der Waals surface area contributed by atoms with Gasteiger partial charge in [0.15, 0.2) is 0 Å². The number of piperidine rings is 1. The number of nitrogens with zero attached hydrogens (tertiary/aromatic N) is 5. The second kappa shape index (κ2) is 11.1. The third kappa shape index (κ3) is 5.57. The van der Waals surface area contributed by atoms with Gasteiger partial charge in [-0.3, -0.25) is 14.3 Å². The van der Waals surface area contributed by atoms with Crippen LogP contribution < -0.4 is 14.2 Å². The first kappa shape index (κ1) is 26.9. The van der Waals surface area contributed by atoms with E-state index in [0.717, 1.165) is 31.5 Å². The van der Waals surface area contributed by atoms with Gasteiger partial charge in [0, 0.05) is 30.3 Å². The Morgan fingerprint density at radius 3 is 2.38 bits per heavy atom. The molecule has 0 spiro atoms. The SMILES string of the molecule is COc1cccc(OC)c1-n1c(NS(=O)(=O)[C@@H](C)[C@H](C)c2ccc(C)cn2)nnc1[C@@H]1CCCN(C)C1. The molecule has 4 rings (SSSR count). The van der Waals surface area contributed by atoms with Crippen LogP contribution in [-0.2, 0) is 10.0 Å². The molecule has 11 heteroatoms. The quantitative estimate of drug-likeness (QED) is 0.447. The minimum absolute atomic E-state index is 0.0622. The number of aryl methyl sites for hydroxylation is 1. The fourth-order valence-corrected chi connectivity index (χ4v) is 6.00. The predicted octanol–water partition coefficient (Wildman–Crippen LogP) is 3.73. The zero-order chi connectivity index (χ0) is 26.7. The molecule has 0 amide bonds. The summed E-state index contributed by atoms with van der Waals surface area (Å²) in [5.74, 6) is 1.52. The monoisotopic (exact) mass is 528 g/mol. The summed E-state index contributed by atoms with van der Waals surface area (Å²) in [7, 11) is 1.33. The van der Waals surface area contributed by atoms with Crippen molar-refractivity contribution >= 4 is 16.0 Å². The van der Waals surface area contributed by atoms with Crippen molar-refractivity contribution in [3.05, 3.63) is 53.6 Å². The maximum Gasteiger partial charge on any atom is 0.243 e. The van der Waals surface area contributed by atoms with Gasteiger partial charge in [0.2, 0.25) is 16.0 Å². The Hall–Kier alpha value is -3.18. The van der Waals surface area contributed by atoms with Gasteiger partial charge in [0.25, 0.3) is 0 Å². The molecule has 3 aromatic rings. The van der Waals surface area contributed by atoms with E-state index in [4.69, 9.17) is 9.47 Å². The zero-order valence-corrected chi connectivity index (χ0v) is 23.1. The van der Waals surface area contributed by atoms with Gasteiger partial charge in [-0.15, -0.1) is 10.2 Å². The molecule has 3 heterocycles. The molecule has 1 fully saturated rings. The molecular weight excluding hydrogens is 492 g/mol. The Kier molecular flexibility index (Phi) is 8.03. The Labute approximate surface area is 219 Å². The third-order valence-electron chi connectivity index (χ3n) is 7.13. The molecule has 2 aromatic heterocycles. The Bertz CT molecular complexity index is 1300. The predicted molar refractivity (Wildman–Crippen MR) is 143 cm³/mol. The molecule has 1 saturated heterocycles. The molecule has 1 aliphatic heterocycles. The van der Waals surface area contributed by atoms with Gasteiger partial charge in [-0.05, 0) is 64.0 Å². The van der Waals surface area contributed by atoms with E-state index in [9.17, 15) is 8.42 Å². The Balaban J connectivity index is 1.78. The summed E-state index contributed by atoms with van der Waals surface area (Å²) in [5, 5.41) is 8.04. The normalized spacial score (nSPS) is 18.3. The number of likely N-dealkylation sites (tertiary alicyclic amines) is 1. The summed E-state index contributed by atoms with van der Waals surface area (Å²) in [6, 6.07) is 9.23. The van der Waals surface area contributed by atoms with Gasteiger partial charge in [-0.25, -0.2) is 8.42 Å². The molecule has 1 aliphatic rings. The summed E-state index contributed by atoms with van der Waals surface area (Å²) >= 11 is 0. The fraction of sp³-hybridized carbons (Fsp3) is 0.500. The summed E-state index contributed by atoms with van der Waals surface area (Å²) in [5.41, 5.74) is 2.28. The highest BCUT2D eigenvalue weighted by atomic mass is 32.2. The third-order valence-corrected chi connectivity index (χ3v) is 8.99. The molecular formula is C26H36N6O4S. The number of hydrogen-bond donors (Lipinski definition) is 1. The number of para-hydroxylation sites is 1. The lowest BCUT2D eigenvalue weighted by atomic mass is 9.97. The van der Waals surface area contributed by atoms with Crippen molar-refractivity contribution in [3.8, 4) is 17.2 Å². The van der Waals surface area contributed by atoms with Crippen molar-refractivity contribution in [3.63, 3.8) is 0 Å². The lowest BCUT2D eigenvalue weighted by Crippen LogP contribution is -2.33. The fourth-order valence-electron chi connectivity index (χ4n) is 4.75. The molecule has 37 heavy (non-hydrogen) atoms. The first-order valence-electron chi connectivity index (χ1n) is 12.5. The summed E-state index contributed by atoms with van der Waals surface area (Å²) < 4.78 is 43.0. The summed E-state index contributed by atoms with van der Waals surface area (Å²) in [4.78, 5) is 6.68.